The zero-order chi connectivity index (χ0) is 13.2. The Morgan fingerprint density at radius 2 is 1.95 bits per heavy atom. The summed E-state index contributed by atoms with van der Waals surface area (Å²) in [6, 6.07) is 7.56. The summed E-state index contributed by atoms with van der Waals surface area (Å²) in [5, 5.41) is 0.852. The third kappa shape index (κ3) is 2.07. The Morgan fingerprint density at radius 3 is 2.68 bits per heavy atom. The van der Waals surface area contributed by atoms with Crippen molar-refractivity contribution in [2.75, 3.05) is 20.2 Å². The summed E-state index contributed by atoms with van der Waals surface area (Å²) in [6.07, 6.45) is 3.32. The van der Waals surface area contributed by atoms with Gasteiger partial charge in [0.05, 0.1) is 12.5 Å². The van der Waals surface area contributed by atoms with Crippen molar-refractivity contribution in [3.05, 3.63) is 30.0 Å². The number of carbonyl (C=O) groups is 1. The van der Waals surface area contributed by atoms with E-state index in [1.807, 2.05) is 29.2 Å². The molecule has 1 saturated heterocycles. The van der Waals surface area contributed by atoms with Gasteiger partial charge in [-0.3, -0.25) is 4.79 Å². The molecular formula is C15H17NO3. The van der Waals surface area contributed by atoms with Crippen molar-refractivity contribution in [3.8, 4) is 5.75 Å². The molecular weight excluding hydrogens is 242 g/mol. The van der Waals surface area contributed by atoms with Crippen LogP contribution in [0.15, 0.2) is 28.7 Å². The molecule has 4 nitrogen and oxygen atoms in total. The molecule has 4 heteroatoms. The normalized spacial score (nSPS) is 15.7. The first kappa shape index (κ1) is 12.1. The van der Waals surface area contributed by atoms with E-state index in [-0.39, 0.29) is 5.91 Å². The van der Waals surface area contributed by atoms with Crippen LogP contribution in [0.4, 0.5) is 0 Å². The Labute approximate surface area is 111 Å². The number of likely N-dealkylation sites (tertiary alicyclic amines) is 1. The van der Waals surface area contributed by atoms with Crippen molar-refractivity contribution in [2.24, 2.45) is 0 Å². The largest absolute Gasteiger partial charge is 0.492 e. The van der Waals surface area contributed by atoms with Gasteiger partial charge in [-0.15, -0.1) is 0 Å². The molecule has 1 fully saturated rings. The Balaban J connectivity index is 2.01. The molecule has 0 N–H and O–H groups in total. The van der Waals surface area contributed by atoms with Gasteiger partial charge in [-0.05, 0) is 31.4 Å². The van der Waals surface area contributed by atoms with Gasteiger partial charge in [0, 0.05) is 13.1 Å². The molecule has 2 heterocycles. The minimum Gasteiger partial charge on any atom is -0.492 e. The molecule has 19 heavy (non-hydrogen) atoms. The number of hydrogen-bond acceptors (Lipinski definition) is 3. The number of piperidine rings is 1. The molecule has 2 aromatic rings. The van der Waals surface area contributed by atoms with E-state index in [1.165, 1.54) is 6.42 Å². The maximum atomic E-state index is 12.5. The maximum absolute atomic E-state index is 12.5. The smallest absolute Gasteiger partial charge is 0.293 e. The first-order valence-electron chi connectivity index (χ1n) is 6.66. The van der Waals surface area contributed by atoms with E-state index in [4.69, 9.17) is 9.15 Å². The monoisotopic (exact) mass is 259 g/mol. The predicted octanol–water partition coefficient (Wildman–Crippen LogP) is 3.07. The second-order valence-electron chi connectivity index (χ2n) is 4.81. The lowest BCUT2D eigenvalue weighted by molar-refractivity contribution is 0.0690. The van der Waals surface area contributed by atoms with E-state index in [2.05, 4.69) is 0 Å². The number of para-hydroxylation sites is 1. The zero-order valence-electron chi connectivity index (χ0n) is 11.0. The molecule has 1 aliphatic rings. The van der Waals surface area contributed by atoms with Crippen molar-refractivity contribution >= 4 is 16.9 Å². The Kier molecular flexibility index (Phi) is 3.15. The van der Waals surface area contributed by atoms with Crippen LogP contribution in [-0.4, -0.2) is 31.0 Å². The summed E-state index contributed by atoms with van der Waals surface area (Å²) in [7, 11) is 1.57. The highest BCUT2D eigenvalue weighted by atomic mass is 16.5. The molecule has 0 saturated carbocycles. The van der Waals surface area contributed by atoms with E-state index in [1.54, 1.807) is 7.11 Å². The average Bonchev–Trinajstić information content (AvgIpc) is 2.85. The number of methoxy groups -OCH3 is 1. The van der Waals surface area contributed by atoms with E-state index >= 15 is 0 Å². The molecule has 0 spiro atoms. The highest BCUT2D eigenvalue weighted by Gasteiger charge is 2.26. The van der Waals surface area contributed by atoms with Gasteiger partial charge in [-0.1, -0.05) is 12.1 Å². The minimum absolute atomic E-state index is 0.0623. The second-order valence-corrected chi connectivity index (χ2v) is 4.81. The average molecular weight is 259 g/mol. The number of benzene rings is 1. The molecule has 3 rings (SSSR count). The quantitative estimate of drug-likeness (QED) is 0.832. The molecule has 1 amide bonds. The van der Waals surface area contributed by atoms with Crippen LogP contribution in [0.2, 0.25) is 0 Å². The van der Waals surface area contributed by atoms with Gasteiger partial charge in [0.1, 0.15) is 5.58 Å². The van der Waals surface area contributed by atoms with Crippen molar-refractivity contribution in [2.45, 2.75) is 19.3 Å². The molecule has 100 valence electrons. The summed E-state index contributed by atoms with van der Waals surface area (Å²) < 4.78 is 11.1. The number of nitrogens with zero attached hydrogens (tertiary/aromatic N) is 1. The number of hydrogen-bond donors (Lipinski definition) is 0. The summed E-state index contributed by atoms with van der Waals surface area (Å²) in [6.45, 7) is 1.61. The van der Waals surface area contributed by atoms with Gasteiger partial charge < -0.3 is 14.1 Å². The fourth-order valence-electron chi connectivity index (χ4n) is 2.61. The van der Waals surface area contributed by atoms with E-state index in [0.717, 1.165) is 31.3 Å². The third-order valence-corrected chi connectivity index (χ3v) is 3.59. The first-order valence-corrected chi connectivity index (χ1v) is 6.66. The van der Waals surface area contributed by atoms with Crippen LogP contribution < -0.4 is 4.74 Å². The van der Waals surface area contributed by atoms with Gasteiger partial charge in [0.25, 0.3) is 5.91 Å². The van der Waals surface area contributed by atoms with E-state index in [0.29, 0.717) is 17.1 Å². The van der Waals surface area contributed by atoms with E-state index < -0.39 is 0 Å². The lowest BCUT2D eigenvalue weighted by atomic mass is 10.1. The lowest BCUT2D eigenvalue weighted by Crippen LogP contribution is -2.35. The van der Waals surface area contributed by atoms with Crippen LogP contribution in [0, 0.1) is 0 Å². The summed E-state index contributed by atoms with van der Waals surface area (Å²) in [5.41, 5.74) is 0.694. The van der Waals surface area contributed by atoms with Gasteiger partial charge >= 0.3 is 0 Å². The van der Waals surface area contributed by atoms with Crippen molar-refractivity contribution < 1.29 is 13.9 Å². The van der Waals surface area contributed by atoms with Crippen molar-refractivity contribution in [1.82, 2.24) is 4.90 Å². The molecule has 0 unspecified atom stereocenters. The van der Waals surface area contributed by atoms with Crippen LogP contribution in [0.3, 0.4) is 0 Å². The number of amides is 1. The highest BCUT2D eigenvalue weighted by Crippen LogP contribution is 2.33. The van der Waals surface area contributed by atoms with Gasteiger partial charge in [0.2, 0.25) is 5.76 Å². The third-order valence-electron chi connectivity index (χ3n) is 3.59. The molecule has 1 aromatic heterocycles. The molecule has 0 atom stereocenters. The molecule has 1 aromatic carbocycles. The van der Waals surface area contributed by atoms with Crippen molar-refractivity contribution in [3.63, 3.8) is 0 Å². The number of furan rings is 1. The van der Waals surface area contributed by atoms with Gasteiger partial charge in [0.15, 0.2) is 5.75 Å². The number of ether oxygens (including phenoxy) is 1. The lowest BCUT2D eigenvalue weighted by Gasteiger charge is -2.25. The molecule has 0 bridgehead atoms. The topological polar surface area (TPSA) is 42.7 Å². The number of carbonyl (C=O) groups excluding carboxylic acids is 1. The Bertz CT molecular complexity index is 596. The summed E-state index contributed by atoms with van der Waals surface area (Å²) in [4.78, 5) is 14.4. The minimum atomic E-state index is -0.0623. The standard InChI is InChI=1S/C15H17NO3/c1-18-13-11-7-3-4-8-12(11)19-14(13)15(17)16-9-5-2-6-10-16/h3-4,7-8H,2,5-6,9-10H2,1H3. The predicted molar refractivity (Wildman–Crippen MR) is 72.5 cm³/mol. The summed E-state index contributed by atoms with van der Waals surface area (Å²) >= 11 is 0. The Morgan fingerprint density at radius 1 is 1.21 bits per heavy atom. The van der Waals surface area contributed by atoms with Gasteiger partial charge in [-0.25, -0.2) is 0 Å². The fourth-order valence-corrected chi connectivity index (χ4v) is 2.61. The number of fused-ring (bicyclic) bond motifs is 1. The molecule has 0 aliphatic carbocycles. The molecule has 0 radical (unpaired) electrons. The van der Waals surface area contributed by atoms with Crippen LogP contribution in [0.1, 0.15) is 29.8 Å². The fraction of sp³-hybridized carbons (Fsp3) is 0.400. The maximum Gasteiger partial charge on any atom is 0.293 e. The second kappa shape index (κ2) is 4.96. The van der Waals surface area contributed by atoms with Crippen LogP contribution in [0.25, 0.3) is 11.0 Å². The highest BCUT2D eigenvalue weighted by molar-refractivity contribution is 6.01. The SMILES string of the molecule is COc1c(C(=O)N2CCCCC2)oc2ccccc12. The van der Waals surface area contributed by atoms with Gasteiger partial charge in [-0.2, -0.15) is 0 Å². The molecule has 1 aliphatic heterocycles. The zero-order valence-corrected chi connectivity index (χ0v) is 11.0. The van der Waals surface area contributed by atoms with Crippen molar-refractivity contribution in [1.29, 1.82) is 0 Å². The first-order chi connectivity index (χ1) is 9.31. The van der Waals surface area contributed by atoms with Crippen LogP contribution in [-0.2, 0) is 0 Å². The summed E-state index contributed by atoms with van der Waals surface area (Å²) in [5.74, 6) is 0.810. The Hall–Kier alpha value is -1.97. The number of rotatable bonds is 2. The van der Waals surface area contributed by atoms with Crippen LogP contribution in [0.5, 0.6) is 5.75 Å². The van der Waals surface area contributed by atoms with E-state index in [9.17, 15) is 4.79 Å². The van der Waals surface area contributed by atoms with Crippen LogP contribution >= 0.6 is 0 Å².